The predicted molar refractivity (Wildman–Crippen MR) is 78.2 cm³/mol. The molecular weight excluding hydrogens is 272 g/mol. The molecule has 0 radical (unpaired) electrons. The van der Waals surface area contributed by atoms with Crippen LogP contribution >= 0.6 is 0 Å². The van der Waals surface area contributed by atoms with Gasteiger partial charge >= 0.3 is 5.97 Å². The van der Waals surface area contributed by atoms with Crippen LogP contribution in [-0.4, -0.2) is 28.7 Å². The van der Waals surface area contributed by atoms with Crippen LogP contribution in [0.2, 0.25) is 0 Å². The molecule has 6 nitrogen and oxygen atoms in total. The molecule has 6 heteroatoms. The second-order valence-corrected chi connectivity index (χ2v) is 6.30. The molecule has 0 saturated heterocycles. The molecule has 0 unspecified atom stereocenters. The van der Waals surface area contributed by atoms with Crippen LogP contribution in [-0.2, 0) is 10.2 Å². The van der Waals surface area contributed by atoms with Gasteiger partial charge in [0.15, 0.2) is 5.69 Å². The van der Waals surface area contributed by atoms with Crippen LogP contribution in [0.1, 0.15) is 63.7 Å². The van der Waals surface area contributed by atoms with Gasteiger partial charge in [-0.3, -0.25) is 9.59 Å². The largest absolute Gasteiger partial charge is 0.481 e. The van der Waals surface area contributed by atoms with Crippen molar-refractivity contribution in [2.45, 2.75) is 52.9 Å². The minimum atomic E-state index is -0.938. The van der Waals surface area contributed by atoms with Gasteiger partial charge in [0.2, 0.25) is 0 Å². The van der Waals surface area contributed by atoms with E-state index in [0.29, 0.717) is 18.6 Å². The first kappa shape index (κ1) is 17.2. The summed E-state index contributed by atoms with van der Waals surface area (Å²) in [6, 6.07) is 1.59. The normalized spacial score (nSPS) is 12.2. The lowest BCUT2D eigenvalue weighted by molar-refractivity contribution is -0.149. The maximum atomic E-state index is 12.1. The minimum absolute atomic E-state index is 0.0753. The van der Waals surface area contributed by atoms with Gasteiger partial charge in [-0.15, -0.1) is 0 Å². The molecule has 21 heavy (non-hydrogen) atoms. The number of rotatable bonds is 6. The van der Waals surface area contributed by atoms with E-state index in [0.717, 1.165) is 0 Å². The summed E-state index contributed by atoms with van der Waals surface area (Å²) in [5.41, 5.74) is -0.999. The van der Waals surface area contributed by atoms with E-state index in [9.17, 15) is 14.7 Å². The van der Waals surface area contributed by atoms with Gasteiger partial charge in [-0.2, -0.15) is 0 Å². The Bertz CT molecular complexity index is 510. The predicted octanol–water partition coefficient (Wildman–Crippen LogP) is 2.59. The third-order valence-electron chi connectivity index (χ3n) is 3.88. The summed E-state index contributed by atoms with van der Waals surface area (Å²) in [5, 5.41) is 15.7. The SMILES string of the molecule is CCC(CC)(CNC(=O)c1cc(C(C)(C)C)on1)C(=O)O. The smallest absolute Gasteiger partial charge is 0.311 e. The highest BCUT2D eigenvalue weighted by Crippen LogP contribution is 2.26. The molecule has 0 aliphatic carbocycles. The summed E-state index contributed by atoms with van der Waals surface area (Å²) in [6.45, 7) is 9.55. The number of aliphatic carboxylic acids is 1. The molecule has 118 valence electrons. The van der Waals surface area contributed by atoms with Gasteiger partial charge in [-0.1, -0.05) is 39.8 Å². The zero-order valence-electron chi connectivity index (χ0n) is 13.3. The number of carbonyl (C=O) groups excluding carboxylic acids is 1. The Morgan fingerprint density at radius 2 is 1.86 bits per heavy atom. The van der Waals surface area contributed by atoms with E-state index in [2.05, 4.69) is 10.5 Å². The van der Waals surface area contributed by atoms with E-state index in [1.807, 2.05) is 20.8 Å². The Balaban J connectivity index is 2.78. The average molecular weight is 296 g/mol. The molecule has 0 fully saturated rings. The number of hydrogen-bond donors (Lipinski definition) is 2. The zero-order chi connectivity index (χ0) is 16.3. The molecule has 0 saturated carbocycles. The van der Waals surface area contributed by atoms with Gasteiger partial charge in [0.05, 0.1) is 5.41 Å². The van der Waals surface area contributed by atoms with Crippen molar-refractivity contribution in [2.75, 3.05) is 6.54 Å². The highest BCUT2D eigenvalue weighted by atomic mass is 16.5. The van der Waals surface area contributed by atoms with Gasteiger partial charge in [0.1, 0.15) is 5.76 Å². The van der Waals surface area contributed by atoms with Gasteiger partial charge in [-0.05, 0) is 12.8 Å². The minimum Gasteiger partial charge on any atom is -0.481 e. The van der Waals surface area contributed by atoms with E-state index in [-0.39, 0.29) is 17.7 Å². The Kier molecular flexibility index (Phi) is 5.15. The van der Waals surface area contributed by atoms with Crippen molar-refractivity contribution in [3.05, 3.63) is 17.5 Å². The number of carbonyl (C=O) groups is 2. The van der Waals surface area contributed by atoms with Crippen LogP contribution in [0.15, 0.2) is 10.6 Å². The average Bonchev–Trinajstić information content (AvgIpc) is 2.89. The molecule has 1 rings (SSSR count). The molecule has 1 heterocycles. The highest BCUT2D eigenvalue weighted by Gasteiger charge is 2.35. The number of nitrogens with one attached hydrogen (secondary N) is 1. The van der Waals surface area contributed by atoms with Crippen molar-refractivity contribution < 1.29 is 19.2 Å². The Morgan fingerprint density at radius 1 is 1.29 bits per heavy atom. The number of aromatic nitrogens is 1. The molecule has 0 aromatic carbocycles. The maximum Gasteiger partial charge on any atom is 0.311 e. The zero-order valence-corrected chi connectivity index (χ0v) is 13.3. The first-order chi connectivity index (χ1) is 9.66. The molecule has 0 spiro atoms. The monoisotopic (exact) mass is 296 g/mol. The molecule has 0 atom stereocenters. The summed E-state index contributed by atoms with van der Waals surface area (Å²) in [7, 11) is 0. The van der Waals surface area contributed by atoms with Crippen molar-refractivity contribution in [1.82, 2.24) is 10.5 Å². The third kappa shape index (κ3) is 3.83. The van der Waals surface area contributed by atoms with Crippen LogP contribution in [0.5, 0.6) is 0 Å². The molecule has 0 aliphatic heterocycles. The van der Waals surface area contributed by atoms with Crippen molar-refractivity contribution in [1.29, 1.82) is 0 Å². The first-order valence-corrected chi connectivity index (χ1v) is 7.15. The van der Waals surface area contributed by atoms with Gasteiger partial charge in [0, 0.05) is 18.0 Å². The number of nitrogens with zero attached hydrogens (tertiary/aromatic N) is 1. The van der Waals surface area contributed by atoms with Gasteiger partial charge in [-0.25, -0.2) is 0 Å². The van der Waals surface area contributed by atoms with Crippen LogP contribution in [0, 0.1) is 5.41 Å². The second-order valence-electron chi connectivity index (χ2n) is 6.30. The van der Waals surface area contributed by atoms with E-state index in [1.165, 1.54) is 0 Å². The number of hydrogen-bond acceptors (Lipinski definition) is 4. The van der Waals surface area contributed by atoms with E-state index >= 15 is 0 Å². The van der Waals surface area contributed by atoms with Gasteiger partial charge in [0.25, 0.3) is 5.91 Å². The number of carboxylic acids is 1. The van der Waals surface area contributed by atoms with E-state index in [4.69, 9.17) is 4.52 Å². The lowest BCUT2D eigenvalue weighted by Crippen LogP contribution is -2.42. The standard InChI is InChI=1S/C15H24N2O4/c1-6-15(7-2,13(19)20)9-16-12(18)10-8-11(21-17-10)14(3,4)5/h8H,6-7,9H2,1-5H3,(H,16,18)(H,19,20). The van der Waals surface area contributed by atoms with Crippen LogP contribution in [0.4, 0.5) is 0 Å². The second kappa shape index (κ2) is 6.28. The van der Waals surface area contributed by atoms with Gasteiger partial charge < -0.3 is 14.9 Å². The summed E-state index contributed by atoms with van der Waals surface area (Å²) in [5.74, 6) is -0.701. The topological polar surface area (TPSA) is 92.4 Å². The fourth-order valence-corrected chi connectivity index (χ4v) is 1.95. The quantitative estimate of drug-likeness (QED) is 0.841. The maximum absolute atomic E-state index is 12.1. The third-order valence-corrected chi connectivity index (χ3v) is 3.88. The molecule has 1 amide bonds. The van der Waals surface area contributed by atoms with Crippen LogP contribution in [0.3, 0.4) is 0 Å². The number of amides is 1. The fourth-order valence-electron chi connectivity index (χ4n) is 1.95. The van der Waals surface area contributed by atoms with E-state index < -0.39 is 17.3 Å². The Morgan fingerprint density at radius 3 is 2.24 bits per heavy atom. The first-order valence-electron chi connectivity index (χ1n) is 7.15. The lowest BCUT2D eigenvalue weighted by atomic mass is 9.82. The lowest BCUT2D eigenvalue weighted by Gasteiger charge is -2.26. The molecule has 0 bridgehead atoms. The van der Waals surface area contributed by atoms with Crippen molar-refractivity contribution >= 4 is 11.9 Å². The van der Waals surface area contributed by atoms with E-state index in [1.54, 1.807) is 19.9 Å². The summed E-state index contributed by atoms with van der Waals surface area (Å²) >= 11 is 0. The summed E-state index contributed by atoms with van der Waals surface area (Å²) in [4.78, 5) is 23.4. The molecule has 0 aliphatic rings. The van der Waals surface area contributed by atoms with Crippen molar-refractivity contribution in [3.63, 3.8) is 0 Å². The van der Waals surface area contributed by atoms with Crippen molar-refractivity contribution in [2.24, 2.45) is 5.41 Å². The van der Waals surface area contributed by atoms with Crippen LogP contribution in [0.25, 0.3) is 0 Å². The summed E-state index contributed by atoms with van der Waals surface area (Å²) in [6.07, 6.45) is 0.899. The molecular formula is C15H24N2O4. The Labute approximate surface area is 124 Å². The van der Waals surface area contributed by atoms with Crippen LogP contribution < -0.4 is 5.32 Å². The highest BCUT2D eigenvalue weighted by molar-refractivity contribution is 5.92. The molecule has 1 aromatic heterocycles. The number of carboxylic acid groups (broad SMARTS) is 1. The van der Waals surface area contributed by atoms with Crippen molar-refractivity contribution in [3.8, 4) is 0 Å². The fraction of sp³-hybridized carbons (Fsp3) is 0.667. The molecule has 1 aromatic rings. The summed E-state index contributed by atoms with van der Waals surface area (Å²) < 4.78 is 5.16. The molecule has 2 N–H and O–H groups in total. The Hall–Kier alpha value is -1.85.